The van der Waals surface area contributed by atoms with Gasteiger partial charge in [0.2, 0.25) is 5.95 Å². The Hall–Kier alpha value is -3.80. The summed E-state index contributed by atoms with van der Waals surface area (Å²) in [5.74, 6) is 0.103. The van der Waals surface area contributed by atoms with E-state index >= 15 is 0 Å². The molecule has 1 atom stereocenters. The van der Waals surface area contributed by atoms with Crippen LogP contribution < -0.4 is 16.8 Å². The molecule has 3 rings (SSSR count). The number of nitrogens with two attached hydrogens (primary N) is 2. The van der Waals surface area contributed by atoms with Gasteiger partial charge in [-0.2, -0.15) is 15.2 Å². The summed E-state index contributed by atoms with van der Waals surface area (Å²) >= 11 is 0. The molecule has 1 aliphatic rings. The minimum absolute atomic E-state index is 0.00799. The van der Waals surface area contributed by atoms with Crippen LogP contribution >= 0.6 is 0 Å². The number of carbonyl (C=O) groups is 1. The van der Waals surface area contributed by atoms with E-state index in [0.29, 0.717) is 28.2 Å². The summed E-state index contributed by atoms with van der Waals surface area (Å²) in [7, 11) is 0. The second-order valence-electron chi connectivity index (χ2n) is 5.76. The molecule has 2 aromatic rings. The van der Waals surface area contributed by atoms with Gasteiger partial charge in [0.25, 0.3) is 0 Å². The lowest BCUT2D eigenvalue weighted by Crippen LogP contribution is -2.25. The lowest BCUT2D eigenvalue weighted by atomic mass is 9.84. The molecule has 5 N–H and O–H groups in total. The molecule has 27 heavy (non-hydrogen) atoms. The van der Waals surface area contributed by atoms with Crippen LogP contribution in [0.1, 0.15) is 36.5 Å². The zero-order valence-corrected chi connectivity index (χ0v) is 14.8. The molecule has 0 fully saturated rings. The van der Waals surface area contributed by atoms with Gasteiger partial charge in [0, 0.05) is 0 Å². The van der Waals surface area contributed by atoms with E-state index in [-0.39, 0.29) is 24.1 Å². The van der Waals surface area contributed by atoms with Crippen LogP contribution in [0.15, 0.2) is 35.7 Å². The van der Waals surface area contributed by atoms with Crippen molar-refractivity contribution in [2.24, 2.45) is 0 Å². The summed E-state index contributed by atoms with van der Waals surface area (Å²) in [5.41, 5.74) is 13.8. The number of hydrogen-bond donors (Lipinski definition) is 3. The van der Waals surface area contributed by atoms with Crippen LogP contribution in [0.25, 0.3) is 0 Å². The fourth-order valence-corrected chi connectivity index (χ4v) is 2.99. The Morgan fingerprint density at radius 1 is 1.33 bits per heavy atom. The number of benzene rings is 1. The van der Waals surface area contributed by atoms with E-state index in [2.05, 4.69) is 21.4 Å². The maximum absolute atomic E-state index is 12.0. The molecule has 0 saturated carbocycles. The zero-order chi connectivity index (χ0) is 19.6. The Labute approximate surface area is 155 Å². The Morgan fingerprint density at radius 3 is 2.78 bits per heavy atom. The van der Waals surface area contributed by atoms with E-state index in [1.54, 1.807) is 38.1 Å². The van der Waals surface area contributed by atoms with Gasteiger partial charge in [-0.1, -0.05) is 18.2 Å². The molecule has 0 saturated heterocycles. The number of nitriles is 1. The summed E-state index contributed by atoms with van der Waals surface area (Å²) < 4.78 is 10.4. The highest BCUT2D eigenvalue weighted by Crippen LogP contribution is 2.44. The van der Waals surface area contributed by atoms with Crippen molar-refractivity contribution in [1.29, 1.82) is 5.26 Å². The molecule has 0 amide bonds. The number of carbonyl (C=O) groups excluding carboxylic acids is 1. The number of ether oxygens (including phenoxy) is 2. The first-order valence-electron chi connectivity index (χ1n) is 8.20. The average molecular weight is 366 g/mol. The Balaban J connectivity index is 2.23. The minimum Gasteiger partial charge on any atom is -0.434 e. The fraction of sp³-hybridized carbons (Fsp3) is 0.222. The van der Waals surface area contributed by atoms with Crippen LogP contribution in [-0.4, -0.2) is 22.7 Å². The van der Waals surface area contributed by atoms with E-state index in [1.165, 1.54) is 0 Å². The number of aromatic nitrogens is 2. The van der Waals surface area contributed by atoms with Crippen LogP contribution in [0.3, 0.4) is 0 Å². The van der Waals surface area contributed by atoms with Crippen molar-refractivity contribution in [3.8, 4) is 6.07 Å². The molecular formula is C18H18N6O3. The average Bonchev–Trinajstić information content (AvgIpc) is 2.62. The van der Waals surface area contributed by atoms with Crippen LogP contribution in [0, 0.1) is 11.3 Å². The standard InChI is InChI=1S/C18H18N6O3/c1-3-26-18(25)27-14-9(2)22-16-13(15(20)23-17(21)24-16)12(14)11-7-5-4-6-10(11)8-19/h4-7,12H,3H2,1-2H3,(H5,20,21,22,23,24). The fourth-order valence-electron chi connectivity index (χ4n) is 2.99. The third kappa shape index (κ3) is 3.32. The largest absolute Gasteiger partial charge is 0.513 e. The van der Waals surface area contributed by atoms with Gasteiger partial charge in [-0.3, -0.25) is 0 Å². The quantitative estimate of drug-likeness (QED) is 0.696. The number of nitrogen functional groups attached to an aromatic ring is 2. The van der Waals surface area contributed by atoms with Gasteiger partial charge >= 0.3 is 6.16 Å². The van der Waals surface area contributed by atoms with Crippen molar-refractivity contribution < 1.29 is 14.3 Å². The molecule has 0 spiro atoms. The van der Waals surface area contributed by atoms with E-state index in [0.717, 1.165) is 0 Å². The van der Waals surface area contributed by atoms with Crippen molar-refractivity contribution in [2.75, 3.05) is 23.4 Å². The Bertz CT molecular complexity index is 980. The van der Waals surface area contributed by atoms with Gasteiger partial charge in [-0.15, -0.1) is 0 Å². The van der Waals surface area contributed by atoms with Crippen LogP contribution in [-0.2, 0) is 9.47 Å². The summed E-state index contributed by atoms with van der Waals surface area (Å²) in [5, 5.41) is 12.6. The molecule has 1 aromatic heterocycles. The number of fused-ring (bicyclic) bond motifs is 1. The highest BCUT2D eigenvalue weighted by atomic mass is 16.7. The van der Waals surface area contributed by atoms with Gasteiger partial charge in [0.1, 0.15) is 17.4 Å². The smallest absolute Gasteiger partial charge is 0.434 e. The third-order valence-electron chi connectivity index (χ3n) is 4.07. The second-order valence-corrected chi connectivity index (χ2v) is 5.76. The molecule has 9 nitrogen and oxygen atoms in total. The maximum Gasteiger partial charge on any atom is 0.513 e. The molecule has 0 bridgehead atoms. The molecule has 1 unspecified atom stereocenters. The lowest BCUT2D eigenvalue weighted by molar-refractivity contribution is 0.0777. The van der Waals surface area contributed by atoms with Gasteiger partial charge in [-0.25, -0.2) is 4.79 Å². The van der Waals surface area contributed by atoms with Gasteiger partial charge in [-0.05, 0) is 25.5 Å². The van der Waals surface area contributed by atoms with Gasteiger partial charge in [0.05, 0.1) is 35.4 Å². The number of nitrogens with zero attached hydrogens (tertiary/aromatic N) is 3. The second kappa shape index (κ2) is 7.21. The van der Waals surface area contributed by atoms with Crippen LogP contribution in [0.4, 0.5) is 22.4 Å². The van der Waals surface area contributed by atoms with Gasteiger partial charge < -0.3 is 26.3 Å². The topological polar surface area (TPSA) is 149 Å². The Morgan fingerprint density at radius 2 is 2.07 bits per heavy atom. The number of hydrogen-bond acceptors (Lipinski definition) is 9. The maximum atomic E-state index is 12.0. The van der Waals surface area contributed by atoms with Crippen molar-refractivity contribution in [3.63, 3.8) is 0 Å². The third-order valence-corrected chi connectivity index (χ3v) is 4.07. The molecule has 1 aliphatic heterocycles. The first-order valence-corrected chi connectivity index (χ1v) is 8.20. The lowest BCUT2D eigenvalue weighted by Gasteiger charge is -2.30. The number of anilines is 3. The number of rotatable bonds is 3. The van der Waals surface area contributed by atoms with E-state index < -0.39 is 12.1 Å². The van der Waals surface area contributed by atoms with Crippen molar-refractivity contribution in [3.05, 3.63) is 52.4 Å². The Kier molecular flexibility index (Phi) is 4.81. The predicted molar refractivity (Wildman–Crippen MR) is 98.3 cm³/mol. The number of allylic oxidation sites excluding steroid dienone is 2. The predicted octanol–water partition coefficient (Wildman–Crippen LogP) is 2.47. The highest BCUT2D eigenvalue weighted by molar-refractivity contribution is 5.72. The summed E-state index contributed by atoms with van der Waals surface area (Å²) in [6.45, 7) is 3.55. The molecule has 138 valence electrons. The molecule has 1 aromatic carbocycles. The van der Waals surface area contributed by atoms with Gasteiger partial charge in [0.15, 0.2) is 0 Å². The first-order chi connectivity index (χ1) is 13.0. The molecule has 9 heteroatoms. The van der Waals surface area contributed by atoms with Crippen molar-refractivity contribution in [2.45, 2.75) is 19.8 Å². The molecule has 0 radical (unpaired) electrons. The minimum atomic E-state index is -0.855. The first kappa shape index (κ1) is 18.0. The van der Waals surface area contributed by atoms with Crippen LogP contribution in [0.2, 0.25) is 0 Å². The van der Waals surface area contributed by atoms with Crippen molar-refractivity contribution >= 4 is 23.7 Å². The molecule has 2 heterocycles. The molecular weight excluding hydrogens is 348 g/mol. The highest BCUT2D eigenvalue weighted by Gasteiger charge is 2.36. The molecule has 0 aliphatic carbocycles. The van der Waals surface area contributed by atoms with E-state index in [1.807, 2.05) is 0 Å². The summed E-state index contributed by atoms with van der Waals surface area (Å²) in [6.07, 6.45) is -0.855. The zero-order valence-electron chi connectivity index (χ0n) is 14.8. The SMILES string of the molecule is CCOC(=O)OC1=C(C)Nc2nc(N)nc(N)c2C1c1ccccc1C#N. The van der Waals surface area contributed by atoms with Crippen LogP contribution in [0.5, 0.6) is 0 Å². The van der Waals surface area contributed by atoms with E-state index in [9.17, 15) is 10.1 Å². The summed E-state index contributed by atoms with van der Waals surface area (Å²) in [4.78, 5) is 20.2. The normalized spacial score (nSPS) is 15.4. The number of nitrogens with one attached hydrogen (secondary N) is 1. The monoisotopic (exact) mass is 366 g/mol. The van der Waals surface area contributed by atoms with E-state index in [4.69, 9.17) is 20.9 Å². The van der Waals surface area contributed by atoms with Crippen molar-refractivity contribution in [1.82, 2.24) is 9.97 Å². The summed E-state index contributed by atoms with van der Waals surface area (Å²) in [6, 6.07) is 9.10.